The number of hydrogen-bond donors (Lipinski definition) is 2. The molecule has 1 fully saturated rings. The minimum atomic E-state index is -3.55. The van der Waals surface area contributed by atoms with Crippen LogP contribution in [0.25, 0.3) is 21.9 Å². The number of carbonyl (C=O) groups is 5. The molecule has 0 spiro atoms. The third-order valence-electron chi connectivity index (χ3n) is 9.11. The number of amides is 5. The SMILES string of the molecule is CS(=O)(=O)N(CCn1c2ccccc2c2cccnc21)Cc1ccc(CNC(=O)c2ccc3c(c2)C(=O)N(C2CCC(=O)NC2=O)C3=O)cc1. The number of sulfonamides is 1. The molecule has 2 aromatic heterocycles. The van der Waals surface area contributed by atoms with Gasteiger partial charge in [0.25, 0.3) is 17.7 Å². The zero-order valence-electron chi connectivity index (χ0n) is 27.0. The molecule has 254 valence electrons. The van der Waals surface area contributed by atoms with E-state index in [0.29, 0.717) is 6.54 Å². The third-order valence-corrected chi connectivity index (χ3v) is 10.4. The Bertz CT molecular complexity index is 2280. The summed E-state index contributed by atoms with van der Waals surface area (Å²) in [5.41, 5.74) is 3.57. The van der Waals surface area contributed by atoms with Crippen molar-refractivity contribution in [2.45, 2.75) is 38.5 Å². The molecule has 1 saturated heterocycles. The highest BCUT2D eigenvalue weighted by Gasteiger charge is 2.44. The van der Waals surface area contributed by atoms with E-state index in [4.69, 9.17) is 0 Å². The number of piperidine rings is 1. The van der Waals surface area contributed by atoms with Crippen molar-refractivity contribution in [1.29, 1.82) is 0 Å². The summed E-state index contributed by atoms with van der Waals surface area (Å²) in [5.74, 6) is -2.99. The van der Waals surface area contributed by atoms with Gasteiger partial charge in [0.15, 0.2) is 0 Å². The molecule has 2 aliphatic heterocycles. The number of aromatic nitrogens is 2. The van der Waals surface area contributed by atoms with Crippen molar-refractivity contribution in [2.75, 3.05) is 12.8 Å². The highest BCUT2D eigenvalue weighted by atomic mass is 32.2. The summed E-state index contributed by atoms with van der Waals surface area (Å²) in [6, 6.07) is 22.1. The van der Waals surface area contributed by atoms with E-state index >= 15 is 0 Å². The molecule has 5 amide bonds. The van der Waals surface area contributed by atoms with Crippen LogP contribution >= 0.6 is 0 Å². The monoisotopic (exact) mass is 692 g/mol. The molecule has 7 rings (SSSR count). The Morgan fingerprint density at radius 2 is 1.64 bits per heavy atom. The molecule has 5 aromatic rings. The number of para-hydroxylation sites is 1. The van der Waals surface area contributed by atoms with Crippen LogP contribution in [-0.4, -0.2) is 75.6 Å². The summed E-state index contributed by atoms with van der Waals surface area (Å²) >= 11 is 0. The average Bonchev–Trinajstić information content (AvgIpc) is 3.55. The van der Waals surface area contributed by atoms with Gasteiger partial charge in [0.1, 0.15) is 11.7 Å². The van der Waals surface area contributed by atoms with Crippen LogP contribution < -0.4 is 10.6 Å². The molecule has 0 saturated carbocycles. The number of fused-ring (bicyclic) bond motifs is 4. The predicted octanol–water partition coefficient (Wildman–Crippen LogP) is 2.98. The van der Waals surface area contributed by atoms with Crippen molar-refractivity contribution in [2.24, 2.45) is 0 Å². The Kier molecular flexibility index (Phi) is 8.49. The molecule has 3 aromatic carbocycles. The number of nitrogens with one attached hydrogen (secondary N) is 2. The van der Waals surface area contributed by atoms with Crippen molar-refractivity contribution < 1.29 is 32.4 Å². The van der Waals surface area contributed by atoms with Crippen LogP contribution in [0.5, 0.6) is 0 Å². The first-order chi connectivity index (χ1) is 24.0. The van der Waals surface area contributed by atoms with Gasteiger partial charge in [-0.2, -0.15) is 4.31 Å². The first-order valence-corrected chi connectivity index (χ1v) is 17.8. The van der Waals surface area contributed by atoms with Gasteiger partial charge in [-0.05, 0) is 53.9 Å². The van der Waals surface area contributed by atoms with Crippen LogP contribution in [0.1, 0.15) is 55.0 Å². The Balaban J connectivity index is 0.989. The largest absolute Gasteiger partial charge is 0.348 e. The number of imide groups is 2. The molecular formula is C36H32N6O7S. The zero-order valence-corrected chi connectivity index (χ0v) is 27.8. The number of pyridine rings is 1. The molecular weight excluding hydrogens is 660 g/mol. The maximum atomic E-state index is 13.1. The van der Waals surface area contributed by atoms with Crippen LogP contribution in [0.3, 0.4) is 0 Å². The second kappa shape index (κ2) is 12.9. The van der Waals surface area contributed by atoms with E-state index < -0.39 is 45.6 Å². The zero-order chi connectivity index (χ0) is 35.2. The second-order valence-corrected chi connectivity index (χ2v) is 14.3. The maximum absolute atomic E-state index is 13.1. The second-order valence-electron chi connectivity index (χ2n) is 12.3. The van der Waals surface area contributed by atoms with E-state index in [0.717, 1.165) is 38.0 Å². The Hall–Kier alpha value is -5.73. The lowest BCUT2D eigenvalue weighted by molar-refractivity contribution is -0.136. The first kappa shape index (κ1) is 32.8. The van der Waals surface area contributed by atoms with Crippen molar-refractivity contribution in [1.82, 2.24) is 29.4 Å². The Morgan fingerprint density at radius 3 is 2.40 bits per heavy atom. The molecule has 2 N–H and O–H groups in total. The van der Waals surface area contributed by atoms with E-state index in [9.17, 15) is 32.4 Å². The number of nitrogens with zero attached hydrogens (tertiary/aromatic N) is 4. The van der Waals surface area contributed by atoms with Gasteiger partial charge in [-0.1, -0.05) is 42.5 Å². The molecule has 0 aliphatic carbocycles. The van der Waals surface area contributed by atoms with Gasteiger partial charge in [-0.15, -0.1) is 0 Å². The Labute approximate surface area is 286 Å². The lowest BCUT2D eigenvalue weighted by atomic mass is 10.0. The minimum absolute atomic E-state index is 0.00989. The molecule has 1 unspecified atom stereocenters. The number of rotatable bonds is 10. The summed E-state index contributed by atoms with van der Waals surface area (Å²) in [6.07, 6.45) is 2.96. The summed E-state index contributed by atoms with van der Waals surface area (Å²) in [7, 11) is -3.55. The fourth-order valence-corrected chi connectivity index (χ4v) is 7.33. The van der Waals surface area contributed by atoms with Gasteiger partial charge >= 0.3 is 0 Å². The standard InChI is InChI=1S/C36H32N6O7S/c1-50(48,49)40(17-18-41-29-7-3-2-5-25(29)26-6-4-16-37-32(26)41)21-23-10-8-22(9-11-23)20-38-33(44)24-12-13-27-28(19-24)36(47)42(35(27)46)30-14-15-31(43)39-34(30)45/h2-13,16,19,30H,14-15,17-18,20-21H2,1H3,(H,38,44)(H,39,43,45). The lowest BCUT2D eigenvalue weighted by Crippen LogP contribution is -2.54. The average molecular weight is 693 g/mol. The van der Waals surface area contributed by atoms with E-state index in [-0.39, 0.29) is 49.2 Å². The van der Waals surface area contributed by atoms with Gasteiger partial charge in [-0.25, -0.2) is 13.4 Å². The number of hydrogen-bond acceptors (Lipinski definition) is 8. The van der Waals surface area contributed by atoms with Gasteiger partial charge < -0.3 is 9.88 Å². The quantitative estimate of drug-likeness (QED) is 0.211. The molecule has 0 radical (unpaired) electrons. The summed E-state index contributed by atoms with van der Waals surface area (Å²) in [5, 5.41) is 7.02. The minimum Gasteiger partial charge on any atom is -0.348 e. The highest BCUT2D eigenvalue weighted by molar-refractivity contribution is 7.88. The van der Waals surface area contributed by atoms with E-state index in [2.05, 4.69) is 15.6 Å². The molecule has 2 aliphatic rings. The van der Waals surface area contributed by atoms with Gasteiger partial charge in [0.2, 0.25) is 21.8 Å². The summed E-state index contributed by atoms with van der Waals surface area (Å²) in [4.78, 5) is 68.4. The van der Waals surface area contributed by atoms with Crippen LogP contribution in [0.4, 0.5) is 0 Å². The van der Waals surface area contributed by atoms with Crippen LogP contribution in [0.2, 0.25) is 0 Å². The Morgan fingerprint density at radius 1 is 0.920 bits per heavy atom. The van der Waals surface area contributed by atoms with Gasteiger partial charge in [0.05, 0.1) is 22.9 Å². The summed E-state index contributed by atoms with van der Waals surface area (Å²) in [6.45, 7) is 0.965. The predicted molar refractivity (Wildman–Crippen MR) is 183 cm³/mol. The topological polar surface area (TPSA) is 168 Å². The molecule has 50 heavy (non-hydrogen) atoms. The van der Waals surface area contributed by atoms with E-state index in [1.54, 1.807) is 18.3 Å². The third kappa shape index (κ3) is 6.14. The van der Waals surface area contributed by atoms with Crippen LogP contribution in [-0.2, 0) is 39.2 Å². The van der Waals surface area contributed by atoms with Crippen molar-refractivity contribution in [3.05, 3.63) is 113 Å². The molecule has 4 heterocycles. The first-order valence-electron chi connectivity index (χ1n) is 16.0. The highest BCUT2D eigenvalue weighted by Crippen LogP contribution is 2.29. The fourth-order valence-electron chi connectivity index (χ4n) is 6.54. The van der Waals surface area contributed by atoms with Crippen molar-refractivity contribution in [3.63, 3.8) is 0 Å². The molecule has 13 nitrogen and oxygen atoms in total. The van der Waals surface area contributed by atoms with E-state index in [1.165, 1.54) is 28.8 Å². The molecule has 0 bridgehead atoms. The van der Waals surface area contributed by atoms with Crippen LogP contribution in [0, 0.1) is 0 Å². The smallest absolute Gasteiger partial charge is 0.262 e. The number of carbonyl (C=O) groups excluding carboxylic acids is 5. The summed E-state index contributed by atoms with van der Waals surface area (Å²) < 4.78 is 29.1. The van der Waals surface area contributed by atoms with E-state index in [1.807, 2.05) is 53.1 Å². The number of benzene rings is 3. The van der Waals surface area contributed by atoms with Crippen molar-refractivity contribution >= 4 is 61.5 Å². The van der Waals surface area contributed by atoms with Crippen molar-refractivity contribution in [3.8, 4) is 0 Å². The maximum Gasteiger partial charge on any atom is 0.262 e. The van der Waals surface area contributed by atoms with Crippen LogP contribution in [0.15, 0.2) is 85.1 Å². The lowest BCUT2D eigenvalue weighted by Gasteiger charge is -2.27. The molecule has 1 atom stereocenters. The fraction of sp³-hybridized carbons (Fsp3) is 0.222. The van der Waals surface area contributed by atoms with Gasteiger partial charge in [0, 0.05) is 55.1 Å². The van der Waals surface area contributed by atoms with Gasteiger partial charge in [-0.3, -0.25) is 34.2 Å². The normalized spacial score (nSPS) is 16.4. The molecule has 14 heteroatoms.